The van der Waals surface area contributed by atoms with E-state index in [2.05, 4.69) is 25.3 Å². The van der Waals surface area contributed by atoms with Gasteiger partial charge in [-0.25, -0.2) is 9.97 Å². The molecule has 2 N–H and O–H groups in total. The highest BCUT2D eigenvalue weighted by Crippen LogP contribution is 2.29. The molecule has 5 rings (SSSR count). The molecular weight excluding hydrogens is 359 g/mol. The minimum Gasteiger partial charge on any atom is -0.381 e. The molecule has 1 aliphatic rings. The molecule has 0 saturated heterocycles. The van der Waals surface area contributed by atoms with Gasteiger partial charge in [-0.15, -0.1) is 0 Å². The monoisotopic (exact) mass is 380 g/mol. The van der Waals surface area contributed by atoms with Gasteiger partial charge < -0.3 is 15.0 Å². The van der Waals surface area contributed by atoms with Gasteiger partial charge in [0.1, 0.15) is 11.3 Å². The Bertz CT molecular complexity index is 1130. The van der Waals surface area contributed by atoms with E-state index in [1.54, 1.807) is 19.4 Å². The topological polar surface area (TPSA) is 80.1 Å². The van der Waals surface area contributed by atoms with E-state index >= 15 is 0 Å². The van der Waals surface area contributed by atoms with Gasteiger partial charge in [-0.3, -0.25) is 4.40 Å². The number of methoxy groups -OCH3 is 1. The quantitative estimate of drug-likeness (QED) is 0.563. The van der Waals surface area contributed by atoms with Crippen LogP contribution in [0.4, 0.5) is 10.3 Å². The largest absolute Gasteiger partial charge is 0.381 e. The number of nitrogens with zero attached hydrogens (tertiary/aromatic N) is 4. The molecule has 8 heteroatoms. The van der Waals surface area contributed by atoms with Crippen molar-refractivity contribution in [1.29, 1.82) is 0 Å². The van der Waals surface area contributed by atoms with Crippen LogP contribution in [-0.2, 0) is 4.74 Å². The first kappa shape index (κ1) is 17.1. The number of hydrogen-bond donors (Lipinski definition) is 2. The summed E-state index contributed by atoms with van der Waals surface area (Å²) in [6.07, 6.45) is 11.2. The van der Waals surface area contributed by atoms with E-state index in [-0.39, 0.29) is 5.95 Å². The summed E-state index contributed by atoms with van der Waals surface area (Å²) in [7, 11) is 1.78. The zero-order valence-corrected chi connectivity index (χ0v) is 15.5. The summed E-state index contributed by atoms with van der Waals surface area (Å²) in [6.45, 7) is 0. The molecule has 0 bridgehead atoms. The number of fused-ring (bicyclic) bond motifs is 2. The lowest BCUT2D eigenvalue weighted by atomic mass is 9.93. The molecule has 1 aliphatic carbocycles. The number of H-pyrrole nitrogens is 1. The van der Waals surface area contributed by atoms with Crippen LogP contribution in [0, 0.1) is 5.95 Å². The molecule has 4 heterocycles. The van der Waals surface area contributed by atoms with Crippen LogP contribution in [-0.4, -0.2) is 43.6 Å². The first-order chi connectivity index (χ1) is 13.7. The molecule has 0 radical (unpaired) electrons. The molecule has 0 atom stereocenters. The fourth-order valence-electron chi connectivity index (χ4n) is 3.95. The predicted molar refractivity (Wildman–Crippen MR) is 105 cm³/mol. The Balaban J connectivity index is 1.41. The highest BCUT2D eigenvalue weighted by molar-refractivity contribution is 5.93. The smallest absolute Gasteiger partial charge is 0.224 e. The van der Waals surface area contributed by atoms with E-state index in [4.69, 9.17) is 4.74 Å². The number of pyridine rings is 1. The van der Waals surface area contributed by atoms with Gasteiger partial charge >= 0.3 is 0 Å². The lowest BCUT2D eigenvalue weighted by Gasteiger charge is -2.28. The molecular formula is C20H21FN6O. The van der Waals surface area contributed by atoms with E-state index < -0.39 is 0 Å². The van der Waals surface area contributed by atoms with Gasteiger partial charge in [0.15, 0.2) is 0 Å². The van der Waals surface area contributed by atoms with Crippen molar-refractivity contribution in [3.05, 3.63) is 42.9 Å². The number of rotatable bonds is 4. The second kappa shape index (κ2) is 6.87. The SMILES string of the molecule is COC1CCC(Nc2ncc3c(-c4ccc5ncc(F)n5c4)c[nH]c3n2)CC1. The number of aromatic amines is 1. The molecule has 0 aliphatic heterocycles. The molecule has 144 valence electrons. The molecule has 7 nitrogen and oxygen atoms in total. The first-order valence-corrected chi connectivity index (χ1v) is 9.47. The summed E-state index contributed by atoms with van der Waals surface area (Å²) < 4.78 is 20.7. The Kier molecular flexibility index (Phi) is 4.20. The average Bonchev–Trinajstić information content (AvgIpc) is 3.32. The average molecular weight is 380 g/mol. The summed E-state index contributed by atoms with van der Waals surface area (Å²) in [5.41, 5.74) is 3.13. The standard InChI is InChI=1S/C20H21FN6O/c1-28-14-5-3-13(4-6-14)25-20-24-9-16-15(8-23-19(16)26-20)12-2-7-18-22-10-17(21)27(18)11-12/h2,7-11,13-14H,3-6H2,1H3,(H2,23,24,25,26). The molecule has 0 aromatic carbocycles. The highest BCUT2D eigenvalue weighted by Gasteiger charge is 2.21. The third-order valence-electron chi connectivity index (χ3n) is 5.54. The minimum absolute atomic E-state index is 0.366. The minimum atomic E-state index is -0.386. The maximum Gasteiger partial charge on any atom is 0.224 e. The van der Waals surface area contributed by atoms with Crippen LogP contribution in [0.1, 0.15) is 25.7 Å². The molecule has 0 spiro atoms. The van der Waals surface area contributed by atoms with E-state index in [0.717, 1.165) is 47.8 Å². The van der Waals surface area contributed by atoms with E-state index in [0.29, 0.717) is 23.7 Å². The van der Waals surface area contributed by atoms with Crippen molar-refractivity contribution in [2.45, 2.75) is 37.8 Å². The van der Waals surface area contributed by atoms with Crippen molar-refractivity contribution in [3.63, 3.8) is 0 Å². The van der Waals surface area contributed by atoms with Crippen LogP contribution in [0.25, 0.3) is 27.8 Å². The fourth-order valence-corrected chi connectivity index (χ4v) is 3.95. The van der Waals surface area contributed by atoms with Crippen LogP contribution >= 0.6 is 0 Å². The third-order valence-corrected chi connectivity index (χ3v) is 5.54. The Hall–Kier alpha value is -3.00. The zero-order valence-electron chi connectivity index (χ0n) is 15.5. The Morgan fingerprint density at radius 3 is 2.86 bits per heavy atom. The van der Waals surface area contributed by atoms with Gasteiger partial charge in [0, 0.05) is 48.3 Å². The van der Waals surface area contributed by atoms with E-state index in [1.165, 1.54) is 10.6 Å². The van der Waals surface area contributed by atoms with Gasteiger partial charge in [-0.05, 0) is 37.8 Å². The molecule has 1 saturated carbocycles. The first-order valence-electron chi connectivity index (χ1n) is 9.47. The van der Waals surface area contributed by atoms with Gasteiger partial charge in [-0.2, -0.15) is 9.37 Å². The highest BCUT2D eigenvalue weighted by atomic mass is 19.1. The van der Waals surface area contributed by atoms with Crippen molar-refractivity contribution in [3.8, 4) is 11.1 Å². The molecule has 0 amide bonds. The van der Waals surface area contributed by atoms with Gasteiger partial charge in [0.2, 0.25) is 11.9 Å². The summed E-state index contributed by atoms with van der Waals surface area (Å²) in [5.74, 6) is 0.237. The number of imidazole rings is 1. The maximum absolute atomic E-state index is 13.9. The van der Waals surface area contributed by atoms with Gasteiger partial charge in [0.05, 0.1) is 12.3 Å². The molecule has 28 heavy (non-hydrogen) atoms. The van der Waals surface area contributed by atoms with Crippen molar-refractivity contribution in [1.82, 2.24) is 24.3 Å². The predicted octanol–water partition coefficient (Wildman–Crippen LogP) is 3.78. The lowest BCUT2D eigenvalue weighted by Crippen LogP contribution is -2.29. The number of hydrogen-bond acceptors (Lipinski definition) is 5. The Morgan fingerprint density at radius 2 is 2.04 bits per heavy atom. The maximum atomic E-state index is 13.9. The summed E-state index contributed by atoms with van der Waals surface area (Å²) in [5, 5.41) is 4.33. The number of anilines is 1. The van der Waals surface area contributed by atoms with E-state index in [9.17, 15) is 4.39 Å². The molecule has 1 fully saturated rings. The third kappa shape index (κ3) is 2.99. The van der Waals surface area contributed by atoms with Crippen LogP contribution in [0.2, 0.25) is 0 Å². The van der Waals surface area contributed by atoms with Gasteiger partial charge in [0.25, 0.3) is 0 Å². The van der Waals surface area contributed by atoms with Crippen molar-refractivity contribution < 1.29 is 9.13 Å². The molecule has 0 unspecified atom stereocenters. The fraction of sp³-hybridized carbons (Fsp3) is 0.350. The normalized spacial score (nSPS) is 20.1. The summed E-state index contributed by atoms with van der Waals surface area (Å²) in [6, 6.07) is 4.08. The second-order valence-electron chi connectivity index (χ2n) is 7.24. The zero-order chi connectivity index (χ0) is 19.1. The van der Waals surface area contributed by atoms with Crippen LogP contribution < -0.4 is 5.32 Å². The Morgan fingerprint density at radius 1 is 1.18 bits per heavy atom. The lowest BCUT2D eigenvalue weighted by molar-refractivity contribution is 0.0681. The Labute approximate surface area is 161 Å². The van der Waals surface area contributed by atoms with Crippen molar-refractivity contribution in [2.75, 3.05) is 12.4 Å². The number of ether oxygens (including phenoxy) is 1. The summed E-state index contributed by atoms with van der Waals surface area (Å²) >= 11 is 0. The van der Waals surface area contributed by atoms with Crippen molar-refractivity contribution in [2.24, 2.45) is 0 Å². The number of nitrogens with one attached hydrogen (secondary N) is 2. The van der Waals surface area contributed by atoms with Gasteiger partial charge in [-0.1, -0.05) is 0 Å². The van der Waals surface area contributed by atoms with Crippen LogP contribution in [0.3, 0.4) is 0 Å². The number of halogens is 1. The summed E-state index contributed by atoms with van der Waals surface area (Å²) in [4.78, 5) is 16.4. The van der Waals surface area contributed by atoms with Crippen LogP contribution in [0.5, 0.6) is 0 Å². The van der Waals surface area contributed by atoms with E-state index in [1.807, 2.05) is 18.5 Å². The number of aromatic nitrogens is 5. The second-order valence-corrected chi connectivity index (χ2v) is 7.24. The van der Waals surface area contributed by atoms with Crippen LogP contribution in [0.15, 0.2) is 36.9 Å². The van der Waals surface area contributed by atoms with Crippen molar-refractivity contribution >= 4 is 22.6 Å². The molecule has 4 aromatic rings. The molecule has 4 aromatic heterocycles.